The molecular formula is C14H15F3N4O3. The summed E-state index contributed by atoms with van der Waals surface area (Å²) in [6, 6.07) is 4.29. The van der Waals surface area contributed by atoms with Gasteiger partial charge in [-0.05, 0) is 24.6 Å². The Morgan fingerprint density at radius 1 is 1.46 bits per heavy atom. The van der Waals surface area contributed by atoms with Crippen molar-refractivity contribution in [2.24, 2.45) is 7.05 Å². The van der Waals surface area contributed by atoms with E-state index in [4.69, 9.17) is 0 Å². The fourth-order valence-corrected chi connectivity index (χ4v) is 2.30. The summed E-state index contributed by atoms with van der Waals surface area (Å²) < 4.78 is 39.3. The number of benzene rings is 1. The van der Waals surface area contributed by atoms with Crippen LogP contribution in [0.25, 0.3) is 0 Å². The number of hydrogen-bond donors (Lipinski definition) is 2. The monoisotopic (exact) mass is 344 g/mol. The number of halogens is 3. The van der Waals surface area contributed by atoms with Gasteiger partial charge in [-0.25, -0.2) is 4.68 Å². The minimum atomic E-state index is -4.51. The quantitative estimate of drug-likeness (QED) is 0.643. The summed E-state index contributed by atoms with van der Waals surface area (Å²) in [4.78, 5) is 10.4. The summed E-state index contributed by atoms with van der Waals surface area (Å²) in [7, 11) is 1.49. The van der Waals surface area contributed by atoms with Crippen molar-refractivity contribution in [3.05, 3.63) is 51.2 Å². The molecule has 1 aromatic carbocycles. The number of aryl methyl sites for hydroxylation is 2. The van der Waals surface area contributed by atoms with Crippen LogP contribution in [0.4, 0.5) is 24.7 Å². The number of nitrogens with one attached hydrogen (secondary N) is 1. The van der Waals surface area contributed by atoms with Gasteiger partial charge in [-0.15, -0.1) is 0 Å². The van der Waals surface area contributed by atoms with E-state index >= 15 is 0 Å². The molecule has 24 heavy (non-hydrogen) atoms. The average molecular weight is 344 g/mol. The molecule has 0 aliphatic heterocycles. The highest BCUT2D eigenvalue weighted by Crippen LogP contribution is 2.31. The van der Waals surface area contributed by atoms with Crippen LogP contribution in [0.2, 0.25) is 0 Å². The number of rotatable bonds is 5. The molecule has 0 saturated heterocycles. The minimum Gasteiger partial charge on any atom is -0.387 e. The Labute approximate surface area is 134 Å². The van der Waals surface area contributed by atoms with Crippen LogP contribution in [0.1, 0.15) is 22.9 Å². The molecule has 0 unspecified atom stereocenters. The molecule has 2 aromatic rings. The Balaban J connectivity index is 2.18. The molecule has 1 atom stereocenters. The van der Waals surface area contributed by atoms with Crippen molar-refractivity contribution in [1.82, 2.24) is 9.78 Å². The van der Waals surface area contributed by atoms with Gasteiger partial charge in [0.2, 0.25) is 5.82 Å². The van der Waals surface area contributed by atoms with Gasteiger partial charge < -0.3 is 10.4 Å². The fraction of sp³-hybridized carbons (Fsp3) is 0.357. The number of anilines is 1. The van der Waals surface area contributed by atoms with E-state index in [9.17, 15) is 28.4 Å². The molecule has 130 valence electrons. The molecule has 1 heterocycles. The van der Waals surface area contributed by atoms with Gasteiger partial charge in [0.15, 0.2) is 0 Å². The summed E-state index contributed by atoms with van der Waals surface area (Å²) in [5.74, 6) is 0.0727. The maximum atomic E-state index is 12.7. The topological polar surface area (TPSA) is 93.2 Å². The summed E-state index contributed by atoms with van der Waals surface area (Å²) in [5.41, 5.74) is -0.868. The molecule has 0 aliphatic carbocycles. The Morgan fingerprint density at radius 3 is 2.71 bits per heavy atom. The van der Waals surface area contributed by atoms with Crippen LogP contribution in [0.15, 0.2) is 24.3 Å². The standard InChI is InChI=1S/C14H15F3N4O3/c1-8-12(21(23)24)13(20(2)19-8)18-7-11(22)9-4-3-5-10(6-9)14(15,16)17/h3-6,11,18,22H,7H2,1-2H3/t11-/m1/s1. The van der Waals surface area contributed by atoms with E-state index < -0.39 is 22.8 Å². The molecule has 0 bridgehead atoms. The van der Waals surface area contributed by atoms with Gasteiger partial charge in [0.05, 0.1) is 16.6 Å². The maximum Gasteiger partial charge on any atom is 0.416 e. The largest absolute Gasteiger partial charge is 0.416 e. The zero-order chi connectivity index (χ0) is 18.1. The van der Waals surface area contributed by atoms with Crippen LogP contribution in [-0.2, 0) is 13.2 Å². The van der Waals surface area contributed by atoms with Crippen molar-refractivity contribution in [3.8, 4) is 0 Å². The van der Waals surface area contributed by atoms with Crippen LogP contribution in [0.5, 0.6) is 0 Å². The first-order valence-electron chi connectivity index (χ1n) is 6.88. The van der Waals surface area contributed by atoms with E-state index in [0.29, 0.717) is 0 Å². The lowest BCUT2D eigenvalue weighted by molar-refractivity contribution is -0.384. The van der Waals surface area contributed by atoms with E-state index in [0.717, 1.165) is 12.1 Å². The second kappa shape index (κ2) is 6.48. The van der Waals surface area contributed by atoms with Gasteiger partial charge in [-0.3, -0.25) is 10.1 Å². The van der Waals surface area contributed by atoms with Gasteiger partial charge in [0.25, 0.3) is 0 Å². The average Bonchev–Trinajstić information content (AvgIpc) is 2.78. The molecule has 1 aromatic heterocycles. The number of nitrogens with zero attached hydrogens (tertiary/aromatic N) is 3. The summed E-state index contributed by atoms with van der Waals surface area (Å²) in [6.07, 6.45) is -5.79. The highest BCUT2D eigenvalue weighted by atomic mass is 19.4. The van der Waals surface area contributed by atoms with Crippen molar-refractivity contribution >= 4 is 11.5 Å². The maximum absolute atomic E-state index is 12.7. The van der Waals surface area contributed by atoms with Crippen LogP contribution >= 0.6 is 0 Å². The van der Waals surface area contributed by atoms with Crippen molar-refractivity contribution in [1.29, 1.82) is 0 Å². The van der Waals surface area contributed by atoms with Crippen molar-refractivity contribution < 1.29 is 23.2 Å². The first kappa shape index (κ1) is 17.7. The second-order valence-electron chi connectivity index (χ2n) is 5.18. The van der Waals surface area contributed by atoms with Crippen molar-refractivity contribution in [2.75, 3.05) is 11.9 Å². The van der Waals surface area contributed by atoms with E-state index in [2.05, 4.69) is 10.4 Å². The van der Waals surface area contributed by atoms with Gasteiger partial charge in [0, 0.05) is 13.6 Å². The number of aliphatic hydroxyl groups is 1. The highest BCUT2D eigenvalue weighted by Gasteiger charge is 2.31. The van der Waals surface area contributed by atoms with E-state index in [1.165, 1.54) is 30.8 Å². The van der Waals surface area contributed by atoms with Crippen LogP contribution in [0.3, 0.4) is 0 Å². The molecular weight excluding hydrogens is 329 g/mol. The summed E-state index contributed by atoms with van der Waals surface area (Å²) in [5, 5.41) is 27.7. The number of nitro groups is 1. The Bertz CT molecular complexity index is 758. The van der Waals surface area contributed by atoms with E-state index in [-0.39, 0.29) is 29.3 Å². The Kier molecular flexibility index (Phi) is 4.78. The predicted molar refractivity (Wildman–Crippen MR) is 79.5 cm³/mol. The lowest BCUT2D eigenvalue weighted by Crippen LogP contribution is -2.16. The Morgan fingerprint density at radius 2 is 2.12 bits per heavy atom. The fourth-order valence-electron chi connectivity index (χ4n) is 2.30. The van der Waals surface area contributed by atoms with Crippen molar-refractivity contribution in [3.63, 3.8) is 0 Å². The lowest BCUT2D eigenvalue weighted by Gasteiger charge is -2.15. The second-order valence-corrected chi connectivity index (χ2v) is 5.18. The Hall–Kier alpha value is -2.62. The molecule has 10 heteroatoms. The number of alkyl halides is 3. The molecule has 0 saturated carbocycles. The third-order valence-corrected chi connectivity index (χ3v) is 3.43. The van der Waals surface area contributed by atoms with Crippen LogP contribution < -0.4 is 5.32 Å². The lowest BCUT2D eigenvalue weighted by atomic mass is 10.1. The third-order valence-electron chi connectivity index (χ3n) is 3.43. The molecule has 7 nitrogen and oxygen atoms in total. The minimum absolute atomic E-state index is 0.0545. The van der Waals surface area contributed by atoms with Gasteiger partial charge in [-0.2, -0.15) is 18.3 Å². The zero-order valence-electron chi connectivity index (χ0n) is 12.8. The smallest absolute Gasteiger partial charge is 0.387 e. The molecule has 2 rings (SSSR count). The zero-order valence-corrected chi connectivity index (χ0v) is 12.8. The third kappa shape index (κ3) is 3.65. The normalized spacial score (nSPS) is 12.9. The molecule has 0 fully saturated rings. The van der Waals surface area contributed by atoms with Crippen molar-refractivity contribution in [2.45, 2.75) is 19.2 Å². The predicted octanol–water partition coefficient (Wildman–Crippen LogP) is 2.80. The molecule has 0 aliphatic rings. The molecule has 0 amide bonds. The van der Waals surface area contributed by atoms with Crippen LogP contribution in [0, 0.1) is 17.0 Å². The molecule has 2 N–H and O–H groups in total. The van der Waals surface area contributed by atoms with Gasteiger partial charge in [0.1, 0.15) is 5.69 Å². The number of aromatic nitrogens is 2. The first-order valence-corrected chi connectivity index (χ1v) is 6.88. The van der Waals surface area contributed by atoms with Crippen LogP contribution in [-0.4, -0.2) is 26.4 Å². The van der Waals surface area contributed by atoms with Gasteiger partial charge in [-0.1, -0.05) is 12.1 Å². The van der Waals surface area contributed by atoms with E-state index in [1.807, 2.05) is 0 Å². The summed E-state index contributed by atoms with van der Waals surface area (Å²) in [6.45, 7) is 1.26. The molecule has 0 spiro atoms. The highest BCUT2D eigenvalue weighted by molar-refractivity contribution is 5.59. The number of hydrogen-bond acceptors (Lipinski definition) is 5. The SMILES string of the molecule is Cc1nn(C)c(NC[C@@H](O)c2cccc(C(F)(F)F)c2)c1[N+](=O)[O-]. The first-order chi connectivity index (χ1) is 11.1. The number of aliphatic hydroxyl groups excluding tert-OH is 1. The molecule has 0 radical (unpaired) electrons. The summed E-state index contributed by atoms with van der Waals surface area (Å²) >= 11 is 0. The van der Waals surface area contributed by atoms with E-state index in [1.54, 1.807) is 0 Å². The van der Waals surface area contributed by atoms with Gasteiger partial charge >= 0.3 is 11.9 Å².